The maximum Gasteiger partial charge on any atom is 0.227 e. The lowest BCUT2D eigenvalue weighted by atomic mass is 9.69. The second kappa shape index (κ2) is 6.47. The number of nitrogens with one attached hydrogen (secondary N) is 1. The van der Waals surface area contributed by atoms with Crippen molar-refractivity contribution in [1.82, 2.24) is 0 Å². The number of carbonyl (C=O) groups is 1. The Kier molecular flexibility index (Phi) is 5.07. The molecule has 0 bridgehead atoms. The summed E-state index contributed by atoms with van der Waals surface area (Å²) in [5.41, 5.74) is 0.570. The van der Waals surface area contributed by atoms with E-state index in [0.29, 0.717) is 15.8 Å². The van der Waals surface area contributed by atoms with Gasteiger partial charge in [-0.2, -0.15) is 0 Å². The Bertz CT molecular complexity index is 516. The van der Waals surface area contributed by atoms with Crippen molar-refractivity contribution in [1.29, 1.82) is 0 Å². The molecule has 2 rings (SSSR count). The predicted octanol–water partition coefficient (Wildman–Crippen LogP) is 5.38. The van der Waals surface area contributed by atoms with Gasteiger partial charge in [0, 0.05) is 10.4 Å². The van der Waals surface area contributed by atoms with Crippen molar-refractivity contribution in [2.75, 3.05) is 5.32 Å². The van der Waals surface area contributed by atoms with Crippen LogP contribution in [0.5, 0.6) is 0 Å². The highest BCUT2D eigenvalue weighted by Gasteiger charge is 2.32. The first-order valence-electron chi connectivity index (χ1n) is 7.53. The molecule has 1 aliphatic carbocycles. The normalized spacial score (nSPS) is 22.9. The number of carbonyl (C=O) groups excluding carboxylic acids is 1. The highest BCUT2D eigenvalue weighted by atomic mass is 79.9. The van der Waals surface area contributed by atoms with Crippen molar-refractivity contribution in [3.8, 4) is 0 Å². The Morgan fingerprint density at radius 2 is 1.86 bits per heavy atom. The van der Waals surface area contributed by atoms with E-state index in [-0.39, 0.29) is 17.5 Å². The molecule has 1 N–H and O–H groups in total. The molecule has 0 heterocycles. The molecule has 0 aliphatic heterocycles. The lowest BCUT2D eigenvalue weighted by Gasteiger charge is -2.36. The smallest absolute Gasteiger partial charge is 0.227 e. The highest BCUT2D eigenvalue weighted by Crippen LogP contribution is 2.40. The Morgan fingerprint density at radius 3 is 2.38 bits per heavy atom. The first-order valence-corrected chi connectivity index (χ1v) is 8.32. The molecule has 2 nitrogen and oxygen atoms in total. The topological polar surface area (TPSA) is 29.1 Å². The van der Waals surface area contributed by atoms with Gasteiger partial charge in [0.05, 0.1) is 5.69 Å². The van der Waals surface area contributed by atoms with Crippen molar-refractivity contribution >= 4 is 27.5 Å². The summed E-state index contributed by atoms with van der Waals surface area (Å²) in [6.07, 6.45) is 3.94. The number of halogens is 2. The van der Waals surface area contributed by atoms with Crippen LogP contribution in [0.15, 0.2) is 22.7 Å². The molecule has 1 saturated carbocycles. The van der Waals surface area contributed by atoms with Gasteiger partial charge in [0.25, 0.3) is 0 Å². The summed E-state index contributed by atoms with van der Waals surface area (Å²) in [4.78, 5) is 12.3. The number of benzene rings is 1. The van der Waals surface area contributed by atoms with Crippen LogP contribution in [0.25, 0.3) is 0 Å². The Labute approximate surface area is 134 Å². The number of amides is 1. The molecule has 21 heavy (non-hydrogen) atoms. The van der Waals surface area contributed by atoms with Crippen molar-refractivity contribution in [3.63, 3.8) is 0 Å². The molecule has 4 heteroatoms. The second-order valence-electron chi connectivity index (χ2n) is 7.03. The van der Waals surface area contributed by atoms with E-state index in [0.717, 1.165) is 25.7 Å². The van der Waals surface area contributed by atoms with Crippen LogP contribution >= 0.6 is 15.9 Å². The van der Waals surface area contributed by atoms with E-state index < -0.39 is 5.82 Å². The molecule has 1 aromatic carbocycles. The van der Waals surface area contributed by atoms with Gasteiger partial charge in [-0.05, 0) is 55.2 Å². The Morgan fingerprint density at radius 1 is 1.24 bits per heavy atom. The zero-order valence-electron chi connectivity index (χ0n) is 12.9. The monoisotopic (exact) mass is 355 g/mol. The van der Waals surface area contributed by atoms with E-state index in [2.05, 4.69) is 42.0 Å². The quantitative estimate of drug-likeness (QED) is 0.757. The minimum atomic E-state index is -0.402. The van der Waals surface area contributed by atoms with E-state index in [1.54, 1.807) is 12.1 Å². The predicted molar refractivity (Wildman–Crippen MR) is 87.6 cm³/mol. The molecule has 1 aliphatic rings. The molecule has 1 aromatic rings. The van der Waals surface area contributed by atoms with Gasteiger partial charge in [-0.1, -0.05) is 36.7 Å². The molecule has 0 unspecified atom stereocenters. The first kappa shape index (κ1) is 16.5. The van der Waals surface area contributed by atoms with Gasteiger partial charge in [-0.15, -0.1) is 0 Å². The van der Waals surface area contributed by atoms with Gasteiger partial charge in [-0.25, -0.2) is 4.39 Å². The van der Waals surface area contributed by atoms with Gasteiger partial charge < -0.3 is 5.32 Å². The standard InChI is InChI=1S/C17H23BrFNO/c1-17(2,3)12-6-4-11(5-7-12)16(21)20-15-9-8-13(18)10-14(15)19/h8-12H,4-7H2,1-3H3,(H,20,21). The lowest BCUT2D eigenvalue weighted by Crippen LogP contribution is -2.31. The molecule has 0 spiro atoms. The van der Waals surface area contributed by atoms with Crippen LogP contribution in [-0.4, -0.2) is 5.91 Å². The summed E-state index contributed by atoms with van der Waals surface area (Å²) < 4.78 is 14.4. The lowest BCUT2D eigenvalue weighted by molar-refractivity contribution is -0.121. The molecule has 0 radical (unpaired) electrons. The van der Waals surface area contributed by atoms with Gasteiger partial charge in [-0.3, -0.25) is 4.79 Å². The van der Waals surface area contributed by atoms with Crippen LogP contribution in [0, 0.1) is 23.1 Å². The number of hydrogen-bond acceptors (Lipinski definition) is 1. The molecular weight excluding hydrogens is 333 g/mol. The van der Waals surface area contributed by atoms with E-state index >= 15 is 0 Å². The average Bonchev–Trinajstić information content (AvgIpc) is 2.41. The molecular formula is C17H23BrFNO. The molecule has 1 amide bonds. The fourth-order valence-corrected chi connectivity index (χ4v) is 3.38. The van der Waals surface area contributed by atoms with E-state index in [1.165, 1.54) is 6.07 Å². The number of rotatable bonds is 2. The summed E-state index contributed by atoms with van der Waals surface area (Å²) >= 11 is 3.21. The SMILES string of the molecule is CC(C)(C)C1CCC(C(=O)Nc2ccc(Br)cc2F)CC1. The van der Waals surface area contributed by atoms with Crippen LogP contribution < -0.4 is 5.32 Å². The van der Waals surface area contributed by atoms with Crippen LogP contribution in [0.4, 0.5) is 10.1 Å². The molecule has 1 fully saturated rings. The summed E-state index contributed by atoms with van der Waals surface area (Å²) in [7, 11) is 0. The highest BCUT2D eigenvalue weighted by molar-refractivity contribution is 9.10. The van der Waals surface area contributed by atoms with Gasteiger partial charge in [0.2, 0.25) is 5.91 Å². The fourth-order valence-electron chi connectivity index (χ4n) is 3.05. The maximum atomic E-state index is 13.8. The fraction of sp³-hybridized carbons (Fsp3) is 0.588. The number of anilines is 1. The molecule has 0 aromatic heterocycles. The van der Waals surface area contributed by atoms with Crippen LogP contribution in [0.1, 0.15) is 46.5 Å². The number of hydrogen-bond donors (Lipinski definition) is 1. The van der Waals surface area contributed by atoms with Gasteiger partial charge in [0.15, 0.2) is 0 Å². The van der Waals surface area contributed by atoms with Crippen molar-refractivity contribution < 1.29 is 9.18 Å². The van der Waals surface area contributed by atoms with E-state index in [9.17, 15) is 9.18 Å². The summed E-state index contributed by atoms with van der Waals surface area (Å²) in [6, 6.07) is 4.69. The summed E-state index contributed by atoms with van der Waals surface area (Å²) in [5.74, 6) is 0.224. The van der Waals surface area contributed by atoms with Crippen LogP contribution in [-0.2, 0) is 4.79 Å². The maximum absolute atomic E-state index is 13.8. The first-order chi connectivity index (χ1) is 9.77. The third-order valence-corrected chi connectivity index (χ3v) is 5.00. The Hall–Kier alpha value is -0.900. The van der Waals surface area contributed by atoms with E-state index in [1.807, 2.05) is 0 Å². The van der Waals surface area contributed by atoms with Crippen molar-refractivity contribution in [2.45, 2.75) is 46.5 Å². The van der Waals surface area contributed by atoms with Crippen LogP contribution in [0.2, 0.25) is 0 Å². The minimum absolute atomic E-state index is 0.00615. The molecule has 0 atom stereocenters. The van der Waals surface area contributed by atoms with Crippen LogP contribution in [0.3, 0.4) is 0 Å². The van der Waals surface area contributed by atoms with E-state index in [4.69, 9.17) is 0 Å². The third-order valence-electron chi connectivity index (χ3n) is 4.51. The Balaban J connectivity index is 1.93. The second-order valence-corrected chi connectivity index (χ2v) is 7.94. The van der Waals surface area contributed by atoms with Crippen molar-refractivity contribution in [2.24, 2.45) is 17.3 Å². The van der Waals surface area contributed by atoms with Crippen molar-refractivity contribution in [3.05, 3.63) is 28.5 Å². The summed E-state index contributed by atoms with van der Waals surface area (Å²) in [6.45, 7) is 6.78. The molecule has 116 valence electrons. The molecule has 0 saturated heterocycles. The zero-order chi connectivity index (χ0) is 15.6. The van der Waals surface area contributed by atoms with Gasteiger partial charge in [0.1, 0.15) is 5.82 Å². The van der Waals surface area contributed by atoms with Gasteiger partial charge >= 0.3 is 0 Å². The third kappa shape index (κ3) is 4.29. The largest absolute Gasteiger partial charge is 0.323 e. The minimum Gasteiger partial charge on any atom is -0.323 e. The average molecular weight is 356 g/mol. The zero-order valence-corrected chi connectivity index (χ0v) is 14.5. The summed E-state index contributed by atoms with van der Waals surface area (Å²) in [5, 5.41) is 2.73.